The summed E-state index contributed by atoms with van der Waals surface area (Å²) in [7, 11) is 0. The van der Waals surface area contributed by atoms with Gasteiger partial charge in [0.2, 0.25) is 0 Å². The van der Waals surface area contributed by atoms with Gasteiger partial charge in [0.25, 0.3) is 0 Å². The Bertz CT molecular complexity index is 542. The zero-order chi connectivity index (χ0) is 16.5. The monoisotopic (exact) mass is 317 g/mol. The van der Waals surface area contributed by atoms with Gasteiger partial charge in [0, 0.05) is 5.41 Å². The Labute approximate surface area is 140 Å². The van der Waals surface area contributed by atoms with E-state index in [1.54, 1.807) is 0 Å². The third-order valence-electron chi connectivity index (χ3n) is 8.97. The first kappa shape index (κ1) is 15.9. The van der Waals surface area contributed by atoms with Crippen molar-refractivity contribution in [2.75, 3.05) is 0 Å². The molecule has 4 aliphatic rings. The summed E-state index contributed by atoms with van der Waals surface area (Å²) in [5.74, 6) is 2.59. The SMILES string of the molecule is C[C@]12CC[C@H](O)C[C@@H]1CC[C@@H]1[C@H]2CC[C@@]2(C)[C@@H]1CC[C@]2(O)C#N. The van der Waals surface area contributed by atoms with E-state index in [2.05, 4.69) is 19.9 Å². The van der Waals surface area contributed by atoms with E-state index in [9.17, 15) is 15.5 Å². The Morgan fingerprint density at radius 2 is 1.70 bits per heavy atom. The van der Waals surface area contributed by atoms with Crippen LogP contribution in [0.4, 0.5) is 0 Å². The standard InChI is InChI=1S/C20H31NO2/c1-18-8-5-14(22)11-13(18)3-4-15-16(18)6-9-19(2)17(15)7-10-20(19,23)12-21/h13-17,22-23H,3-11H2,1-2H3/t13-,14-,15+,16+,17+,18-,19-,20-/m0/s1. The first-order chi connectivity index (χ1) is 10.8. The maximum Gasteiger partial charge on any atom is 0.156 e. The van der Waals surface area contributed by atoms with Crippen molar-refractivity contribution in [1.82, 2.24) is 0 Å². The summed E-state index contributed by atoms with van der Waals surface area (Å²) in [6.45, 7) is 4.66. The van der Waals surface area contributed by atoms with Gasteiger partial charge in [-0.1, -0.05) is 13.8 Å². The molecule has 0 bridgehead atoms. The molecular formula is C20H31NO2. The van der Waals surface area contributed by atoms with E-state index in [0.717, 1.165) is 44.4 Å². The Balaban J connectivity index is 1.65. The summed E-state index contributed by atoms with van der Waals surface area (Å²) in [4.78, 5) is 0. The minimum atomic E-state index is -1.11. The highest BCUT2D eigenvalue weighted by atomic mass is 16.3. The average Bonchev–Trinajstić information content (AvgIpc) is 2.80. The van der Waals surface area contributed by atoms with E-state index in [1.807, 2.05) is 0 Å². The Morgan fingerprint density at radius 1 is 0.957 bits per heavy atom. The van der Waals surface area contributed by atoms with Crippen molar-refractivity contribution in [2.24, 2.45) is 34.5 Å². The quantitative estimate of drug-likeness (QED) is 0.670. The third kappa shape index (κ3) is 1.94. The highest BCUT2D eigenvalue weighted by Gasteiger charge is 2.64. The molecule has 0 heterocycles. The normalized spacial score (nSPS) is 58.7. The molecule has 0 aliphatic heterocycles. The number of hydrogen-bond donors (Lipinski definition) is 2. The van der Waals surface area contributed by atoms with Crippen LogP contribution in [-0.4, -0.2) is 21.9 Å². The maximum absolute atomic E-state index is 10.9. The lowest BCUT2D eigenvalue weighted by atomic mass is 9.44. The molecule has 0 spiro atoms. The molecule has 3 nitrogen and oxygen atoms in total. The minimum absolute atomic E-state index is 0.0892. The molecule has 0 saturated heterocycles. The molecule has 128 valence electrons. The number of fused-ring (bicyclic) bond motifs is 5. The molecule has 4 aliphatic carbocycles. The lowest BCUT2D eigenvalue weighted by Gasteiger charge is -2.61. The molecule has 0 aromatic rings. The molecule has 3 heteroatoms. The van der Waals surface area contributed by atoms with E-state index < -0.39 is 5.60 Å². The molecule has 8 atom stereocenters. The molecule has 4 saturated carbocycles. The van der Waals surface area contributed by atoms with Crippen LogP contribution in [0.2, 0.25) is 0 Å². The second kappa shape index (κ2) is 4.96. The van der Waals surface area contributed by atoms with E-state index in [-0.39, 0.29) is 11.5 Å². The predicted octanol–water partition coefficient (Wildman–Crippen LogP) is 3.64. The van der Waals surface area contributed by atoms with Gasteiger partial charge in [-0.05, 0) is 86.9 Å². The maximum atomic E-state index is 10.9. The van der Waals surface area contributed by atoms with E-state index in [4.69, 9.17) is 0 Å². The van der Waals surface area contributed by atoms with E-state index >= 15 is 0 Å². The molecule has 2 N–H and O–H groups in total. The number of nitrogens with zero attached hydrogens (tertiary/aromatic N) is 1. The van der Waals surface area contributed by atoms with Gasteiger partial charge < -0.3 is 10.2 Å². The van der Waals surface area contributed by atoms with Gasteiger partial charge in [-0.2, -0.15) is 5.26 Å². The Hall–Kier alpha value is -0.590. The summed E-state index contributed by atoms with van der Waals surface area (Å²) >= 11 is 0. The van der Waals surface area contributed by atoms with Crippen LogP contribution in [0.1, 0.15) is 71.6 Å². The molecule has 0 aromatic heterocycles. The van der Waals surface area contributed by atoms with Gasteiger partial charge in [0.15, 0.2) is 5.60 Å². The molecule has 0 amide bonds. The van der Waals surface area contributed by atoms with Crippen LogP contribution in [0, 0.1) is 45.8 Å². The number of aliphatic hydroxyl groups is 2. The van der Waals surface area contributed by atoms with E-state index in [0.29, 0.717) is 29.6 Å². The van der Waals surface area contributed by atoms with Crippen LogP contribution in [0.3, 0.4) is 0 Å². The largest absolute Gasteiger partial charge is 0.393 e. The number of hydrogen-bond acceptors (Lipinski definition) is 3. The molecule has 0 radical (unpaired) electrons. The van der Waals surface area contributed by atoms with Crippen LogP contribution < -0.4 is 0 Å². The third-order valence-corrected chi connectivity index (χ3v) is 8.97. The molecule has 4 rings (SSSR count). The second-order valence-corrected chi connectivity index (χ2v) is 9.55. The fourth-order valence-electron chi connectivity index (χ4n) is 7.44. The first-order valence-electron chi connectivity index (χ1n) is 9.66. The predicted molar refractivity (Wildman–Crippen MR) is 88.3 cm³/mol. The summed E-state index contributed by atoms with van der Waals surface area (Å²) in [6.07, 6.45) is 9.31. The summed E-state index contributed by atoms with van der Waals surface area (Å²) in [5, 5.41) is 30.5. The average molecular weight is 317 g/mol. The molecule has 4 fully saturated rings. The molecule has 0 aromatic carbocycles. The van der Waals surface area contributed by atoms with Crippen molar-refractivity contribution in [3.63, 3.8) is 0 Å². The number of aliphatic hydroxyl groups excluding tert-OH is 1. The fraction of sp³-hybridized carbons (Fsp3) is 0.950. The lowest BCUT2D eigenvalue weighted by molar-refractivity contribution is -0.145. The van der Waals surface area contributed by atoms with Crippen LogP contribution >= 0.6 is 0 Å². The highest BCUT2D eigenvalue weighted by Crippen LogP contribution is 2.68. The number of rotatable bonds is 0. The van der Waals surface area contributed by atoms with Crippen LogP contribution in [0.25, 0.3) is 0 Å². The van der Waals surface area contributed by atoms with Gasteiger partial charge in [-0.15, -0.1) is 0 Å². The lowest BCUT2D eigenvalue weighted by Crippen LogP contribution is -2.56. The summed E-state index contributed by atoms with van der Waals surface area (Å²) in [5.41, 5.74) is -0.944. The van der Waals surface area contributed by atoms with Gasteiger partial charge in [0.05, 0.1) is 12.2 Å². The molecular weight excluding hydrogens is 286 g/mol. The van der Waals surface area contributed by atoms with Gasteiger partial charge in [-0.25, -0.2) is 0 Å². The van der Waals surface area contributed by atoms with Crippen molar-refractivity contribution in [3.8, 4) is 6.07 Å². The van der Waals surface area contributed by atoms with E-state index in [1.165, 1.54) is 12.8 Å². The van der Waals surface area contributed by atoms with Gasteiger partial charge in [0.1, 0.15) is 0 Å². The molecule has 23 heavy (non-hydrogen) atoms. The van der Waals surface area contributed by atoms with Crippen molar-refractivity contribution >= 4 is 0 Å². The van der Waals surface area contributed by atoms with Crippen LogP contribution in [-0.2, 0) is 0 Å². The van der Waals surface area contributed by atoms with Crippen molar-refractivity contribution in [3.05, 3.63) is 0 Å². The van der Waals surface area contributed by atoms with Crippen molar-refractivity contribution in [2.45, 2.75) is 83.3 Å². The highest BCUT2D eigenvalue weighted by molar-refractivity contribution is 5.20. The van der Waals surface area contributed by atoms with Crippen LogP contribution in [0.5, 0.6) is 0 Å². The fourth-order valence-corrected chi connectivity index (χ4v) is 7.44. The Kier molecular flexibility index (Phi) is 3.43. The van der Waals surface area contributed by atoms with Gasteiger partial charge >= 0.3 is 0 Å². The summed E-state index contributed by atoms with van der Waals surface area (Å²) in [6, 6.07) is 2.27. The summed E-state index contributed by atoms with van der Waals surface area (Å²) < 4.78 is 0. The second-order valence-electron chi connectivity index (χ2n) is 9.55. The minimum Gasteiger partial charge on any atom is -0.393 e. The van der Waals surface area contributed by atoms with Crippen LogP contribution in [0.15, 0.2) is 0 Å². The van der Waals surface area contributed by atoms with Crippen molar-refractivity contribution < 1.29 is 10.2 Å². The molecule has 0 unspecified atom stereocenters. The van der Waals surface area contributed by atoms with Gasteiger partial charge in [-0.3, -0.25) is 0 Å². The first-order valence-corrected chi connectivity index (χ1v) is 9.66. The topological polar surface area (TPSA) is 64.2 Å². The Morgan fingerprint density at radius 3 is 2.43 bits per heavy atom. The number of nitriles is 1. The zero-order valence-electron chi connectivity index (χ0n) is 14.6. The van der Waals surface area contributed by atoms with Crippen molar-refractivity contribution in [1.29, 1.82) is 5.26 Å². The zero-order valence-corrected chi connectivity index (χ0v) is 14.6. The smallest absolute Gasteiger partial charge is 0.156 e.